The van der Waals surface area contributed by atoms with Gasteiger partial charge in [-0.15, -0.1) is 0 Å². The molecule has 1 aromatic heterocycles. The molecule has 0 bridgehead atoms. The minimum absolute atomic E-state index is 0.292. The lowest BCUT2D eigenvalue weighted by Crippen LogP contribution is -2.29. The third-order valence-electron chi connectivity index (χ3n) is 3.10. The van der Waals surface area contributed by atoms with Gasteiger partial charge in [0.25, 0.3) is 0 Å². The molecule has 2 rings (SSSR count). The molecule has 0 radical (unpaired) electrons. The quantitative estimate of drug-likeness (QED) is 0.845. The van der Waals surface area contributed by atoms with E-state index < -0.39 is 0 Å². The highest BCUT2D eigenvalue weighted by atomic mass is 16.5. The van der Waals surface area contributed by atoms with Crippen LogP contribution in [0.4, 0.5) is 0 Å². The second kappa shape index (κ2) is 5.41. The highest BCUT2D eigenvalue weighted by Gasteiger charge is 2.21. The van der Waals surface area contributed by atoms with E-state index in [2.05, 4.69) is 30.2 Å². The van der Waals surface area contributed by atoms with Crippen molar-refractivity contribution in [1.82, 2.24) is 10.3 Å². The van der Waals surface area contributed by atoms with Crippen LogP contribution in [0.25, 0.3) is 0 Å². The largest absolute Gasteiger partial charge is 0.374 e. The van der Waals surface area contributed by atoms with Crippen LogP contribution in [0.1, 0.15) is 38.4 Å². The van der Waals surface area contributed by atoms with Gasteiger partial charge in [0.2, 0.25) is 0 Å². The van der Waals surface area contributed by atoms with Gasteiger partial charge < -0.3 is 10.1 Å². The Labute approximate surface area is 97.2 Å². The van der Waals surface area contributed by atoms with Gasteiger partial charge in [-0.1, -0.05) is 6.07 Å². The van der Waals surface area contributed by atoms with Crippen molar-refractivity contribution < 1.29 is 4.74 Å². The van der Waals surface area contributed by atoms with Crippen molar-refractivity contribution in [3.8, 4) is 0 Å². The molecule has 3 atom stereocenters. The lowest BCUT2D eigenvalue weighted by molar-refractivity contribution is 0.0546. The highest BCUT2D eigenvalue weighted by molar-refractivity contribution is 5.07. The number of nitrogens with one attached hydrogen (secondary N) is 1. The Kier molecular flexibility index (Phi) is 3.91. The van der Waals surface area contributed by atoms with E-state index >= 15 is 0 Å². The molecule has 1 aliphatic heterocycles. The molecule has 1 aromatic rings. The van der Waals surface area contributed by atoms with Gasteiger partial charge in [-0.05, 0) is 38.8 Å². The lowest BCUT2D eigenvalue weighted by atomic mass is 10.2. The summed E-state index contributed by atoms with van der Waals surface area (Å²) < 4.78 is 5.76. The van der Waals surface area contributed by atoms with E-state index in [-0.39, 0.29) is 0 Å². The van der Waals surface area contributed by atoms with Gasteiger partial charge in [-0.3, -0.25) is 4.98 Å². The Hall–Kier alpha value is -0.930. The average Bonchev–Trinajstić information content (AvgIpc) is 2.73. The number of pyridine rings is 1. The number of hydrogen-bond donors (Lipinski definition) is 1. The summed E-state index contributed by atoms with van der Waals surface area (Å²) in [4.78, 5) is 4.34. The average molecular weight is 220 g/mol. The van der Waals surface area contributed by atoms with E-state index in [9.17, 15) is 0 Å². The van der Waals surface area contributed by atoms with Crippen LogP contribution < -0.4 is 5.32 Å². The number of hydrogen-bond acceptors (Lipinski definition) is 3. The van der Waals surface area contributed by atoms with Gasteiger partial charge in [0.05, 0.1) is 17.9 Å². The molecule has 1 fully saturated rings. The normalized spacial score (nSPS) is 26.9. The van der Waals surface area contributed by atoms with E-state index in [1.54, 1.807) is 0 Å². The Balaban J connectivity index is 1.78. The molecular weight excluding hydrogens is 200 g/mol. The summed E-state index contributed by atoms with van der Waals surface area (Å²) in [6.07, 6.45) is 4.99. The third-order valence-corrected chi connectivity index (χ3v) is 3.10. The van der Waals surface area contributed by atoms with E-state index in [1.807, 2.05) is 18.3 Å². The molecule has 1 aliphatic rings. The third kappa shape index (κ3) is 3.03. The molecule has 0 aromatic carbocycles. The van der Waals surface area contributed by atoms with E-state index in [1.165, 1.54) is 12.8 Å². The zero-order valence-electron chi connectivity index (χ0n) is 10.0. The molecule has 2 unspecified atom stereocenters. The fourth-order valence-corrected chi connectivity index (χ4v) is 2.08. The number of rotatable bonds is 4. The molecule has 0 amide bonds. The topological polar surface area (TPSA) is 34.2 Å². The maximum Gasteiger partial charge on any atom is 0.0704 e. The molecule has 0 spiro atoms. The number of ether oxygens (including phenoxy) is 1. The maximum atomic E-state index is 5.76. The zero-order valence-corrected chi connectivity index (χ0v) is 10.0. The standard InChI is InChI=1S/C13H20N2O/c1-10-6-7-12(16-10)9-15-11(2)13-5-3-4-8-14-13/h3-5,8,10-12,15H,6-7,9H2,1-2H3/t10?,11-,12?/m1/s1. The highest BCUT2D eigenvalue weighted by Crippen LogP contribution is 2.19. The summed E-state index contributed by atoms with van der Waals surface area (Å²) in [5.74, 6) is 0. The fraction of sp³-hybridized carbons (Fsp3) is 0.615. The minimum atomic E-state index is 0.292. The summed E-state index contributed by atoms with van der Waals surface area (Å²) in [7, 11) is 0. The van der Waals surface area contributed by atoms with Crippen LogP contribution in [0, 0.1) is 0 Å². The monoisotopic (exact) mass is 220 g/mol. The van der Waals surface area contributed by atoms with Crippen LogP contribution in [0.5, 0.6) is 0 Å². The fourth-order valence-electron chi connectivity index (χ4n) is 2.08. The first-order chi connectivity index (χ1) is 7.75. The van der Waals surface area contributed by atoms with Gasteiger partial charge in [-0.2, -0.15) is 0 Å². The second-order valence-electron chi connectivity index (χ2n) is 4.53. The summed E-state index contributed by atoms with van der Waals surface area (Å²) >= 11 is 0. The van der Waals surface area contributed by atoms with Crippen molar-refractivity contribution in [3.05, 3.63) is 30.1 Å². The van der Waals surface area contributed by atoms with Crippen molar-refractivity contribution in [2.75, 3.05) is 6.54 Å². The zero-order chi connectivity index (χ0) is 11.4. The molecule has 2 heterocycles. The van der Waals surface area contributed by atoms with Crippen LogP contribution in [0.2, 0.25) is 0 Å². The van der Waals surface area contributed by atoms with E-state index in [0.29, 0.717) is 18.2 Å². The van der Waals surface area contributed by atoms with Crippen molar-refractivity contribution in [1.29, 1.82) is 0 Å². The van der Waals surface area contributed by atoms with Crippen LogP contribution >= 0.6 is 0 Å². The Morgan fingerprint density at radius 3 is 3.00 bits per heavy atom. The Morgan fingerprint density at radius 2 is 2.38 bits per heavy atom. The summed E-state index contributed by atoms with van der Waals surface area (Å²) in [6.45, 7) is 5.20. The molecule has 0 aliphatic carbocycles. The molecule has 3 nitrogen and oxygen atoms in total. The van der Waals surface area contributed by atoms with Crippen molar-refractivity contribution in [3.63, 3.8) is 0 Å². The van der Waals surface area contributed by atoms with Crippen LogP contribution in [0.15, 0.2) is 24.4 Å². The lowest BCUT2D eigenvalue weighted by Gasteiger charge is -2.17. The van der Waals surface area contributed by atoms with Gasteiger partial charge in [0.15, 0.2) is 0 Å². The molecule has 3 heteroatoms. The molecular formula is C13H20N2O. The van der Waals surface area contributed by atoms with Gasteiger partial charge in [0, 0.05) is 18.8 Å². The summed E-state index contributed by atoms with van der Waals surface area (Å²) in [5, 5.41) is 3.47. The van der Waals surface area contributed by atoms with Gasteiger partial charge >= 0.3 is 0 Å². The molecule has 1 N–H and O–H groups in total. The maximum absolute atomic E-state index is 5.76. The van der Waals surface area contributed by atoms with Crippen molar-refractivity contribution >= 4 is 0 Å². The minimum Gasteiger partial charge on any atom is -0.374 e. The summed E-state index contributed by atoms with van der Waals surface area (Å²) in [6, 6.07) is 6.31. The van der Waals surface area contributed by atoms with E-state index in [4.69, 9.17) is 4.74 Å². The first kappa shape index (κ1) is 11.6. The van der Waals surface area contributed by atoms with Crippen molar-refractivity contribution in [2.45, 2.75) is 44.9 Å². The van der Waals surface area contributed by atoms with Gasteiger partial charge in [0.1, 0.15) is 0 Å². The summed E-state index contributed by atoms with van der Waals surface area (Å²) in [5.41, 5.74) is 1.09. The number of nitrogens with zero attached hydrogens (tertiary/aromatic N) is 1. The predicted molar refractivity (Wildman–Crippen MR) is 64.2 cm³/mol. The van der Waals surface area contributed by atoms with Crippen LogP contribution in [0.3, 0.4) is 0 Å². The van der Waals surface area contributed by atoms with Crippen LogP contribution in [-0.2, 0) is 4.74 Å². The van der Waals surface area contributed by atoms with Gasteiger partial charge in [-0.25, -0.2) is 0 Å². The smallest absolute Gasteiger partial charge is 0.0704 e. The first-order valence-electron chi connectivity index (χ1n) is 6.05. The first-order valence-corrected chi connectivity index (χ1v) is 6.05. The van der Waals surface area contributed by atoms with Crippen LogP contribution in [-0.4, -0.2) is 23.7 Å². The molecule has 0 saturated carbocycles. The van der Waals surface area contributed by atoms with Crippen molar-refractivity contribution in [2.24, 2.45) is 0 Å². The Bertz CT molecular complexity index is 315. The SMILES string of the molecule is CC1CCC(CN[C@H](C)c2ccccn2)O1. The second-order valence-corrected chi connectivity index (χ2v) is 4.53. The predicted octanol–water partition coefficient (Wildman–Crippen LogP) is 2.30. The molecule has 16 heavy (non-hydrogen) atoms. The molecule has 88 valence electrons. The number of aromatic nitrogens is 1. The molecule has 1 saturated heterocycles. The Morgan fingerprint density at radius 1 is 1.50 bits per heavy atom. The van der Waals surface area contributed by atoms with E-state index in [0.717, 1.165) is 12.2 Å².